The fourth-order valence-electron chi connectivity index (χ4n) is 1.56. The van der Waals surface area contributed by atoms with Gasteiger partial charge in [-0.25, -0.2) is 5.84 Å². The lowest BCUT2D eigenvalue weighted by Gasteiger charge is -2.26. The van der Waals surface area contributed by atoms with Crippen molar-refractivity contribution in [3.63, 3.8) is 0 Å². The second-order valence-corrected chi connectivity index (χ2v) is 5.51. The van der Waals surface area contributed by atoms with E-state index in [4.69, 9.17) is 23.2 Å². The highest BCUT2D eigenvalue weighted by molar-refractivity contribution is 7.90. The molecule has 6 nitrogen and oxygen atoms in total. The topological polar surface area (TPSA) is 102 Å². The maximum absolute atomic E-state index is 11.9. The molecule has 92 valence electrons. The van der Waals surface area contributed by atoms with Gasteiger partial charge in [0, 0.05) is 11.4 Å². The van der Waals surface area contributed by atoms with Crippen molar-refractivity contribution in [1.82, 2.24) is 0 Å². The van der Waals surface area contributed by atoms with Crippen LogP contribution in [0.1, 0.15) is 6.42 Å². The van der Waals surface area contributed by atoms with Crippen molar-refractivity contribution in [2.24, 2.45) is 16.0 Å². The lowest BCUT2D eigenvalue weighted by molar-refractivity contribution is 0.596. The monoisotopic (exact) mass is 274 g/mol. The van der Waals surface area contributed by atoms with Gasteiger partial charge in [-0.05, 0) is 24.7 Å². The van der Waals surface area contributed by atoms with Crippen molar-refractivity contribution in [3.05, 3.63) is 23.2 Å². The summed E-state index contributed by atoms with van der Waals surface area (Å²) in [5.41, 5.74) is 5.73. The van der Waals surface area contributed by atoms with Crippen molar-refractivity contribution in [2.75, 3.05) is 11.6 Å². The lowest BCUT2D eigenvalue weighted by Crippen LogP contribution is -2.42. The summed E-state index contributed by atoms with van der Waals surface area (Å²) < 4.78 is 27.4. The predicted molar refractivity (Wildman–Crippen MR) is 66.4 cm³/mol. The van der Waals surface area contributed by atoms with Crippen molar-refractivity contribution in [3.8, 4) is 0 Å². The summed E-state index contributed by atoms with van der Waals surface area (Å²) in [4.78, 5) is 0.00766. The molecule has 0 amide bonds. The van der Waals surface area contributed by atoms with E-state index in [-0.39, 0.29) is 23.7 Å². The first-order valence-electron chi connectivity index (χ1n) is 4.84. The zero-order chi connectivity index (χ0) is 12.6. The highest BCUT2D eigenvalue weighted by Gasteiger charge is 2.29. The summed E-state index contributed by atoms with van der Waals surface area (Å²) in [5.74, 6) is 6.01. The Morgan fingerprint density at radius 2 is 2.12 bits per heavy atom. The normalized spacial score (nSPS) is 17.6. The third-order valence-corrected chi connectivity index (χ3v) is 3.90. The highest BCUT2D eigenvalue weighted by Crippen LogP contribution is 2.32. The molecular formula is C9H11ClN4O2S. The van der Waals surface area contributed by atoms with Crippen LogP contribution in [-0.2, 0) is 10.0 Å². The molecule has 0 aliphatic carbocycles. The van der Waals surface area contributed by atoms with Crippen LogP contribution in [0.3, 0.4) is 0 Å². The molecule has 0 bridgehead atoms. The van der Waals surface area contributed by atoms with Gasteiger partial charge in [0.15, 0.2) is 0 Å². The van der Waals surface area contributed by atoms with Gasteiger partial charge in [0.05, 0.1) is 5.69 Å². The average Bonchev–Trinajstić information content (AvgIpc) is 2.26. The second-order valence-electron chi connectivity index (χ2n) is 3.50. The number of nitrogens with two attached hydrogens (primary N) is 2. The molecule has 1 aliphatic heterocycles. The molecule has 1 aromatic rings. The molecule has 0 aromatic heterocycles. The Balaban J connectivity index is 2.62. The summed E-state index contributed by atoms with van der Waals surface area (Å²) in [6.45, 7) is 0.269. The van der Waals surface area contributed by atoms with E-state index in [2.05, 4.69) is 4.40 Å². The van der Waals surface area contributed by atoms with Gasteiger partial charge in [0.2, 0.25) is 0 Å². The number of rotatable bonds is 2. The van der Waals surface area contributed by atoms with Crippen molar-refractivity contribution < 1.29 is 8.42 Å². The second kappa shape index (κ2) is 4.26. The number of hydrazine groups is 1. The molecule has 17 heavy (non-hydrogen) atoms. The number of sulfonamides is 1. The first-order chi connectivity index (χ1) is 7.95. The maximum atomic E-state index is 11.9. The van der Waals surface area contributed by atoms with Gasteiger partial charge in [-0.2, -0.15) is 8.42 Å². The molecule has 0 fully saturated rings. The number of hydrogen-bond acceptors (Lipinski definition) is 5. The van der Waals surface area contributed by atoms with Crippen LogP contribution in [0.25, 0.3) is 0 Å². The van der Waals surface area contributed by atoms with E-state index in [1.54, 1.807) is 12.1 Å². The predicted octanol–water partition coefficient (Wildman–Crippen LogP) is 0.470. The van der Waals surface area contributed by atoms with Crippen LogP contribution < -0.4 is 16.6 Å². The molecule has 0 spiro atoms. The Morgan fingerprint density at radius 1 is 1.41 bits per heavy atom. The molecule has 0 radical (unpaired) electrons. The highest BCUT2D eigenvalue weighted by atomic mass is 35.5. The Bertz CT molecular complexity index is 585. The Kier molecular flexibility index (Phi) is 3.09. The van der Waals surface area contributed by atoms with Gasteiger partial charge in [0.1, 0.15) is 10.7 Å². The van der Waals surface area contributed by atoms with E-state index in [9.17, 15) is 8.42 Å². The minimum atomic E-state index is -3.74. The molecule has 1 aromatic carbocycles. The Hall–Kier alpha value is -1.15. The molecule has 0 saturated carbocycles. The molecule has 4 N–H and O–H groups in total. The van der Waals surface area contributed by atoms with Crippen molar-refractivity contribution >= 4 is 33.1 Å². The summed E-state index contributed by atoms with van der Waals surface area (Å²) >= 11 is 5.76. The van der Waals surface area contributed by atoms with E-state index in [0.717, 1.165) is 0 Å². The summed E-state index contributed by atoms with van der Waals surface area (Å²) in [5, 5.41) is 1.54. The summed E-state index contributed by atoms with van der Waals surface area (Å²) in [7, 11) is -3.74. The van der Waals surface area contributed by atoms with Gasteiger partial charge in [0.25, 0.3) is 10.0 Å². The van der Waals surface area contributed by atoms with Gasteiger partial charge in [-0.3, -0.25) is 5.01 Å². The van der Waals surface area contributed by atoms with Crippen LogP contribution in [0.4, 0.5) is 5.69 Å². The smallest absolute Gasteiger partial charge is 0.286 e. The minimum Gasteiger partial charge on any atom is -0.330 e. The molecular weight excluding hydrogens is 264 g/mol. The van der Waals surface area contributed by atoms with E-state index >= 15 is 0 Å². The zero-order valence-electron chi connectivity index (χ0n) is 8.80. The van der Waals surface area contributed by atoms with E-state index in [0.29, 0.717) is 10.7 Å². The molecule has 8 heteroatoms. The van der Waals surface area contributed by atoms with Gasteiger partial charge in [-0.1, -0.05) is 11.6 Å². The zero-order valence-corrected chi connectivity index (χ0v) is 10.4. The Labute approximate surface area is 104 Å². The fourth-order valence-corrected chi connectivity index (χ4v) is 3.06. The molecule has 0 atom stereocenters. The standard InChI is InChI=1S/C9H11ClN4O2S/c10-6-1-2-7-8(5-6)17(15,16)13-9(3-4-11)14(7)12/h1-2,5H,3-4,11-12H2. The number of hydrogen-bond donors (Lipinski definition) is 2. The number of benzene rings is 1. The van der Waals surface area contributed by atoms with Gasteiger partial charge < -0.3 is 5.73 Å². The van der Waals surface area contributed by atoms with E-state index in [1.165, 1.54) is 11.1 Å². The third-order valence-electron chi connectivity index (χ3n) is 2.33. The van der Waals surface area contributed by atoms with Crippen LogP contribution in [0.5, 0.6) is 0 Å². The number of amidine groups is 1. The van der Waals surface area contributed by atoms with Crippen LogP contribution >= 0.6 is 11.6 Å². The Morgan fingerprint density at radius 3 is 2.76 bits per heavy atom. The van der Waals surface area contributed by atoms with Crippen LogP contribution in [0.15, 0.2) is 27.5 Å². The third kappa shape index (κ3) is 2.14. The fraction of sp³-hybridized carbons (Fsp3) is 0.222. The van der Waals surface area contributed by atoms with Crippen molar-refractivity contribution in [1.29, 1.82) is 0 Å². The minimum absolute atomic E-state index is 0.00766. The van der Waals surface area contributed by atoms with Gasteiger partial charge in [-0.15, -0.1) is 4.40 Å². The molecule has 1 aliphatic rings. The van der Waals surface area contributed by atoms with E-state index < -0.39 is 10.0 Å². The SMILES string of the molecule is NCCC1=NS(=O)(=O)c2cc(Cl)ccc2N1N. The van der Waals surface area contributed by atoms with Crippen LogP contribution in [0.2, 0.25) is 5.02 Å². The molecule has 0 unspecified atom stereocenters. The summed E-state index contributed by atoms with van der Waals surface area (Å²) in [6, 6.07) is 4.44. The number of anilines is 1. The number of nitrogens with zero attached hydrogens (tertiary/aromatic N) is 2. The largest absolute Gasteiger partial charge is 0.330 e. The quantitative estimate of drug-likeness (QED) is 0.763. The lowest BCUT2D eigenvalue weighted by atomic mass is 10.3. The molecule has 0 saturated heterocycles. The van der Waals surface area contributed by atoms with E-state index in [1.807, 2.05) is 0 Å². The van der Waals surface area contributed by atoms with Crippen LogP contribution in [-0.4, -0.2) is 20.8 Å². The average molecular weight is 275 g/mol. The number of fused-ring (bicyclic) bond motifs is 1. The summed E-state index contributed by atoms with van der Waals surface area (Å²) in [6.07, 6.45) is 0.289. The van der Waals surface area contributed by atoms with Gasteiger partial charge >= 0.3 is 0 Å². The van der Waals surface area contributed by atoms with Crippen LogP contribution in [0, 0.1) is 0 Å². The van der Waals surface area contributed by atoms with Crippen molar-refractivity contribution in [2.45, 2.75) is 11.3 Å². The maximum Gasteiger partial charge on any atom is 0.286 e. The molecule has 1 heterocycles. The molecule has 2 rings (SSSR count). The number of halogens is 1. The first kappa shape index (κ1) is 12.3. The first-order valence-corrected chi connectivity index (χ1v) is 6.66.